The SMILES string of the molecule is C#[N+]/C=C1/C=C(NC(=O)c2cccc(C3CC3)[n+]2O)C(OCC)=CC1=N. The Balaban J connectivity index is 1.89. The average Bonchev–Trinajstić information content (AvgIpc) is 3.44. The summed E-state index contributed by atoms with van der Waals surface area (Å²) in [4.78, 5) is 16.1. The van der Waals surface area contributed by atoms with E-state index in [1.165, 1.54) is 12.3 Å². The monoisotopic (exact) mass is 352 g/mol. The molecule has 1 amide bonds. The van der Waals surface area contributed by atoms with Crippen LogP contribution in [0.5, 0.6) is 0 Å². The van der Waals surface area contributed by atoms with Crippen LogP contribution in [0.4, 0.5) is 0 Å². The molecule has 0 aromatic carbocycles. The quantitative estimate of drug-likeness (QED) is 0.562. The summed E-state index contributed by atoms with van der Waals surface area (Å²) >= 11 is 0. The molecule has 1 aromatic heterocycles. The lowest BCUT2D eigenvalue weighted by Crippen LogP contribution is -2.45. The number of hydrogen-bond donors (Lipinski definition) is 3. The van der Waals surface area contributed by atoms with Crippen molar-refractivity contribution in [3.8, 4) is 6.57 Å². The molecule has 0 aliphatic heterocycles. The van der Waals surface area contributed by atoms with Crippen molar-refractivity contribution in [2.45, 2.75) is 25.7 Å². The molecule has 3 N–H and O–H groups in total. The highest BCUT2D eigenvalue weighted by Gasteiger charge is 2.36. The first-order valence-electron chi connectivity index (χ1n) is 8.36. The van der Waals surface area contributed by atoms with Gasteiger partial charge in [-0.05, 0) is 36.8 Å². The highest BCUT2D eigenvalue weighted by Crippen LogP contribution is 2.38. The smallest absolute Gasteiger partial charge is 0.325 e. The van der Waals surface area contributed by atoms with Crippen molar-refractivity contribution in [2.24, 2.45) is 0 Å². The Morgan fingerprint density at radius 3 is 2.92 bits per heavy atom. The largest absolute Gasteiger partial charge is 0.492 e. The van der Waals surface area contributed by atoms with Gasteiger partial charge in [-0.2, -0.15) is 0 Å². The Bertz CT molecular complexity index is 902. The third-order valence-electron chi connectivity index (χ3n) is 4.14. The van der Waals surface area contributed by atoms with Crippen LogP contribution in [-0.2, 0) is 4.74 Å². The number of pyridine rings is 1. The zero-order chi connectivity index (χ0) is 18.7. The summed E-state index contributed by atoms with van der Waals surface area (Å²) in [6.45, 7) is 7.36. The van der Waals surface area contributed by atoms with Gasteiger partial charge in [0, 0.05) is 28.9 Å². The molecule has 0 atom stereocenters. The highest BCUT2D eigenvalue weighted by molar-refractivity contribution is 6.10. The summed E-state index contributed by atoms with van der Waals surface area (Å²) in [7, 11) is 0. The maximum atomic E-state index is 12.7. The molecule has 1 heterocycles. The summed E-state index contributed by atoms with van der Waals surface area (Å²) in [5.74, 6) is 0.175. The number of nitrogens with one attached hydrogen (secondary N) is 2. The molecule has 0 unspecified atom stereocenters. The molecule has 7 nitrogen and oxygen atoms in total. The second-order valence-corrected chi connectivity index (χ2v) is 6.02. The molecule has 2 aliphatic carbocycles. The van der Waals surface area contributed by atoms with Crippen molar-refractivity contribution in [2.75, 3.05) is 6.61 Å². The van der Waals surface area contributed by atoms with Gasteiger partial charge in [0.05, 0.1) is 23.6 Å². The van der Waals surface area contributed by atoms with Crippen LogP contribution in [0, 0.1) is 12.0 Å². The van der Waals surface area contributed by atoms with E-state index in [4.69, 9.17) is 16.7 Å². The van der Waals surface area contributed by atoms with Crippen molar-refractivity contribution >= 4 is 11.6 Å². The van der Waals surface area contributed by atoms with E-state index >= 15 is 0 Å². The minimum absolute atomic E-state index is 0.126. The number of rotatable bonds is 5. The van der Waals surface area contributed by atoms with Crippen molar-refractivity contribution in [3.05, 3.63) is 69.8 Å². The van der Waals surface area contributed by atoms with Crippen molar-refractivity contribution in [1.82, 2.24) is 5.32 Å². The number of carbonyl (C=O) groups excluding carboxylic acids is 1. The molecule has 132 valence electrons. The van der Waals surface area contributed by atoms with E-state index in [1.807, 2.05) is 13.0 Å². The minimum atomic E-state index is -0.482. The molecule has 0 spiro atoms. The zero-order valence-electron chi connectivity index (χ0n) is 14.4. The normalized spacial score (nSPS) is 18.0. The predicted octanol–water partition coefficient (Wildman–Crippen LogP) is 2.50. The van der Waals surface area contributed by atoms with Crippen LogP contribution in [0.15, 0.2) is 53.6 Å². The molecule has 0 radical (unpaired) electrons. The topological polar surface area (TPSA) is 90.7 Å². The lowest BCUT2D eigenvalue weighted by molar-refractivity contribution is -0.910. The number of allylic oxidation sites excluding steroid dienone is 3. The van der Waals surface area contributed by atoms with Crippen molar-refractivity contribution in [1.29, 1.82) is 5.41 Å². The van der Waals surface area contributed by atoms with Crippen LogP contribution < -0.4 is 10.0 Å². The van der Waals surface area contributed by atoms with E-state index in [1.54, 1.807) is 18.2 Å². The minimum Gasteiger partial charge on any atom is -0.492 e. The summed E-state index contributed by atoms with van der Waals surface area (Å²) in [6.07, 6.45) is 6.39. The molecule has 1 fully saturated rings. The Labute approximate surface area is 151 Å². The molecular formula is C19H20N4O3+2. The average molecular weight is 352 g/mol. The summed E-state index contributed by atoms with van der Waals surface area (Å²) in [5, 5.41) is 21.1. The van der Waals surface area contributed by atoms with Crippen molar-refractivity contribution in [3.63, 3.8) is 0 Å². The van der Waals surface area contributed by atoms with E-state index in [9.17, 15) is 10.0 Å². The van der Waals surface area contributed by atoms with Crippen LogP contribution in [0.25, 0.3) is 4.85 Å². The maximum Gasteiger partial charge on any atom is 0.325 e. The van der Waals surface area contributed by atoms with E-state index in [0.29, 0.717) is 29.6 Å². The second-order valence-electron chi connectivity index (χ2n) is 6.02. The second kappa shape index (κ2) is 7.23. The zero-order valence-corrected chi connectivity index (χ0v) is 14.4. The Hall–Kier alpha value is -3.40. The van der Waals surface area contributed by atoms with Gasteiger partial charge in [0.25, 0.3) is 6.57 Å². The van der Waals surface area contributed by atoms with Crippen LogP contribution in [0.3, 0.4) is 0 Å². The van der Waals surface area contributed by atoms with Crippen LogP contribution in [0.1, 0.15) is 41.9 Å². The fourth-order valence-electron chi connectivity index (χ4n) is 2.72. The Morgan fingerprint density at radius 2 is 2.27 bits per heavy atom. The first-order chi connectivity index (χ1) is 12.5. The standard InChI is InChI=1S/C19H19N4O3/c1-3-26-18-10-14(20)13(11-21-2)9-15(18)22-19(24)17-6-4-5-16(23(17)25)12-7-8-12/h2,4-6,9-12,20H,3,7-8H2,1H3,(H-,22,24,25)/q+1/p+1/b13-11-,20-14?. The molecule has 2 aliphatic rings. The van der Waals surface area contributed by atoms with Crippen molar-refractivity contribution < 1.29 is 19.5 Å². The van der Waals surface area contributed by atoms with E-state index < -0.39 is 5.91 Å². The van der Waals surface area contributed by atoms with Crippen LogP contribution in [0.2, 0.25) is 0 Å². The number of aromatic nitrogens is 1. The summed E-state index contributed by atoms with van der Waals surface area (Å²) in [5.41, 5.74) is 1.84. The molecule has 0 bridgehead atoms. The predicted molar refractivity (Wildman–Crippen MR) is 95.2 cm³/mol. The third kappa shape index (κ3) is 3.49. The Kier molecular flexibility index (Phi) is 4.85. The molecule has 1 saturated carbocycles. The van der Waals surface area contributed by atoms with Crippen LogP contribution in [-0.4, -0.2) is 23.4 Å². The number of nitrogens with zero attached hydrogens (tertiary/aromatic N) is 2. The van der Waals surface area contributed by atoms with Gasteiger partial charge in [-0.1, -0.05) is 0 Å². The van der Waals surface area contributed by atoms with Gasteiger partial charge in [-0.25, -0.2) is 0 Å². The van der Waals surface area contributed by atoms with E-state index in [2.05, 4.69) is 10.2 Å². The first-order valence-corrected chi connectivity index (χ1v) is 8.36. The number of ether oxygens (including phenoxy) is 1. The van der Waals surface area contributed by atoms with Gasteiger partial charge >= 0.3 is 17.8 Å². The van der Waals surface area contributed by atoms with E-state index in [0.717, 1.165) is 23.3 Å². The molecular weight excluding hydrogens is 332 g/mol. The van der Waals surface area contributed by atoms with Gasteiger partial charge < -0.3 is 10.1 Å². The lowest BCUT2D eigenvalue weighted by Gasteiger charge is -2.17. The van der Waals surface area contributed by atoms with E-state index in [-0.39, 0.29) is 11.4 Å². The molecule has 0 saturated heterocycles. The van der Waals surface area contributed by atoms with Gasteiger partial charge in [-0.15, -0.1) is 0 Å². The lowest BCUT2D eigenvalue weighted by atomic mass is 10.0. The molecule has 3 rings (SSSR count). The molecule has 7 heteroatoms. The summed E-state index contributed by atoms with van der Waals surface area (Å²) < 4.78 is 6.45. The fourth-order valence-corrected chi connectivity index (χ4v) is 2.72. The molecule has 1 aromatic rings. The molecule has 26 heavy (non-hydrogen) atoms. The van der Waals surface area contributed by atoms with Crippen LogP contribution >= 0.6 is 0 Å². The van der Waals surface area contributed by atoms with Gasteiger partial charge in [0.2, 0.25) is 5.69 Å². The van der Waals surface area contributed by atoms with Gasteiger partial charge in [0.1, 0.15) is 5.76 Å². The van der Waals surface area contributed by atoms with Gasteiger partial charge in [0.15, 0.2) is 0 Å². The maximum absolute atomic E-state index is 12.7. The number of amides is 1. The first kappa shape index (κ1) is 17.4. The summed E-state index contributed by atoms with van der Waals surface area (Å²) in [6, 6.07) is 5.10. The number of carbonyl (C=O) groups is 1. The Morgan fingerprint density at radius 1 is 1.50 bits per heavy atom. The highest BCUT2D eigenvalue weighted by atomic mass is 16.5. The number of hydrogen-bond acceptors (Lipinski definition) is 4. The fraction of sp³-hybridized carbons (Fsp3) is 0.263. The third-order valence-corrected chi connectivity index (χ3v) is 4.14. The van der Waals surface area contributed by atoms with Gasteiger partial charge in [-0.3, -0.25) is 15.4 Å².